The van der Waals surface area contributed by atoms with E-state index in [1.54, 1.807) is 43.4 Å². The van der Waals surface area contributed by atoms with Gasteiger partial charge in [-0.3, -0.25) is 34.2 Å². The molecule has 4 N–H and O–H groups in total. The Morgan fingerprint density at radius 2 is 1.69 bits per heavy atom. The number of pyridine rings is 1. The van der Waals surface area contributed by atoms with Crippen molar-refractivity contribution in [3.8, 4) is 0 Å². The summed E-state index contributed by atoms with van der Waals surface area (Å²) in [5, 5.41) is 20.9. The van der Waals surface area contributed by atoms with Crippen LogP contribution < -0.4 is 16.0 Å². The Labute approximate surface area is 360 Å². The number of nitrogens with one attached hydrogen (secondary N) is 3. The second kappa shape index (κ2) is 16.3. The van der Waals surface area contributed by atoms with Crippen molar-refractivity contribution in [2.24, 2.45) is 17.3 Å². The highest BCUT2D eigenvalue weighted by atomic mass is 32.1. The molecule has 0 bridgehead atoms. The number of fused-ring (bicyclic) bond motifs is 2. The Hall–Kier alpha value is -5.05. The molecule has 320 valence electrons. The van der Waals surface area contributed by atoms with Gasteiger partial charge in [0.1, 0.15) is 11.7 Å². The molecular formula is C47H55N7O6S. The van der Waals surface area contributed by atoms with Crippen molar-refractivity contribution >= 4 is 62.5 Å². The summed E-state index contributed by atoms with van der Waals surface area (Å²) in [6.07, 6.45) is 10.8. The normalized spacial score (nSPS) is 23.3. The van der Waals surface area contributed by atoms with Crippen molar-refractivity contribution in [1.29, 1.82) is 0 Å². The number of nitrogens with zero attached hydrogens (tertiary/aromatic N) is 4. The van der Waals surface area contributed by atoms with Crippen molar-refractivity contribution in [2.45, 2.75) is 109 Å². The fourth-order valence-electron chi connectivity index (χ4n) is 10.6. The fraction of sp³-hybridized carbons (Fsp3) is 0.511. The van der Waals surface area contributed by atoms with Gasteiger partial charge in [-0.1, -0.05) is 12.1 Å². The highest BCUT2D eigenvalue weighted by Crippen LogP contribution is 2.54. The molecule has 14 heteroatoms. The molecule has 2 aromatic heterocycles. The van der Waals surface area contributed by atoms with Crippen molar-refractivity contribution in [3.05, 3.63) is 81.6 Å². The molecule has 2 aliphatic carbocycles. The van der Waals surface area contributed by atoms with Crippen molar-refractivity contribution in [3.63, 3.8) is 0 Å². The minimum Gasteiger partial charge on any atom is -0.386 e. The van der Waals surface area contributed by atoms with E-state index in [2.05, 4.69) is 25.8 Å². The lowest BCUT2D eigenvalue weighted by molar-refractivity contribution is -0.136. The number of likely N-dealkylation sites (tertiary alicyclic amines) is 1. The average Bonchev–Trinajstić information content (AvgIpc) is 3.75. The zero-order chi connectivity index (χ0) is 42.6. The van der Waals surface area contributed by atoms with Gasteiger partial charge >= 0.3 is 0 Å². The fourth-order valence-corrected chi connectivity index (χ4v) is 11.8. The Morgan fingerprint density at radius 3 is 2.41 bits per heavy atom. The molecule has 2 aromatic carbocycles. The number of hydrogen-bond acceptors (Lipinski definition) is 11. The number of aryl methyl sites for hydroxylation is 1. The van der Waals surface area contributed by atoms with Gasteiger partial charge < -0.3 is 20.6 Å². The highest BCUT2D eigenvalue weighted by molar-refractivity contribution is 7.18. The molecule has 3 aliphatic heterocycles. The molecular weight excluding hydrogens is 791 g/mol. The van der Waals surface area contributed by atoms with Gasteiger partial charge in [0.05, 0.1) is 32.0 Å². The topological polar surface area (TPSA) is 174 Å². The number of piperidine rings is 2. The first-order valence-corrected chi connectivity index (χ1v) is 22.8. The molecule has 1 spiro atoms. The molecule has 61 heavy (non-hydrogen) atoms. The number of aliphatic hydroxyl groups is 1. The van der Waals surface area contributed by atoms with E-state index in [1.807, 2.05) is 37.3 Å². The third-order valence-electron chi connectivity index (χ3n) is 14.0. The summed E-state index contributed by atoms with van der Waals surface area (Å²) >= 11 is 1.70. The second-order valence-corrected chi connectivity index (χ2v) is 19.8. The Bertz CT molecular complexity index is 2400. The van der Waals surface area contributed by atoms with Gasteiger partial charge in [0.15, 0.2) is 0 Å². The molecule has 5 heterocycles. The van der Waals surface area contributed by atoms with Gasteiger partial charge in [0.25, 0.3) is 17.7 Å². The largest absolute Gasteiger partial charge is 0.386 e. The minimum atomic E-state index is -1.17. The minimum absolute atomic E-state index is 0.0964. The van der Waals surface area contributed by atoms with Crippen LogP contribution in [0, 0.1) is 24.2 Å². The number of benzene rings is 2. The average molecular weight is 846 g/mol. The predicted molar refractivity (Wildman–Crippen MR) is 234 cm³/mol. The number of rotatable bonds is 11. The maximum atomic E-state index is 13.5. The number of carbonyl (C=O) groups excluding carboxylic acids is 5. The summed E-state index contributed by atoms with van der Waals surface area (Å²) in [5.74, 6) is -0.519. The molecule has 4 aromatic rings. The molecule has 9 rings (SSSR count). The van der Waals surface area contributed by atoms with Crippen molar-refractivity contribution in [1.82, 2.24) is 25.1 Å². The maximum absolute atomic E-state index is 13.5. The lowest BCUT2D eigenvalue weighted by Gasteiger charge is -2.53. The molecule has 5 aliphatic rings. The quantitative estimate of drug-likeness (QED) is 0.114. The Morgan fingerprint density at radius 1 is 0.934 bits per heavy atom. The molecule has 5 amide bonds. The van der Waals surface area contributed by atoms with Crippen LogP contribution in [0.3, 0.4) is 0 Å². The Kier molecular flexibility index (Phi) is 11.1. The molecule has 2 saturated carbocycles. The summed E-state index contributed by atoms with van der Waals surface area (Å²) in [7, 11) is 0. The molecule has 0 radical (unpaired) electrons. The van der Waals surface area contributed by atoms with Crippen LogP contribution in [0.2, 0.25) is 0 Å². The molecule has 2 saturated heterocycles. The summed E-state index contributed by atoms with van der Waals surface area (Å²) in [4.78, 5) is 77.1. The monoisotopic (exact) mass is 845 g/mol. The maximum Gasteiger partial charge on any atom is 0.274 e. The van der Waals surface area contributed by atoms with Crippen LogP contribution in [0.15, 0.2) is 48.5 Å². The van der Waals surface area contributed by atoms with E-state index in [0.717, 1.165) is 64.7 Å². The van der Waals surface area contributed by atoms with Gasteiger partial charge in [-0.05, 0) is 152 Å². The van der Waals surface area contributed by atoms with Crippen LogP contribution in [0.25, 0.3) is 10.2 Å². The molecule has 13 nitrogen and oxygen atoms in total. The van der Waals surface area contributed by atoms with Gasteiger partial charge in [0.2, 0.25) is 11.8 Å². The van der Waals surface area contributed by atoms with E-state index >= 15 is 0 Å². The van der Waals surface area contributed by atoms with Crippen molar-refractivity contribution < 1.29 is 29.1 Å². The van der Waals surface area contributed by atoms with E-state index in [0.29, 0.717) is 63.5 Å². The lowest BCUT2D eigenvalue weighted by Crippen LogP contribution is -2.54. The van der Waals surface area contributed by atoms with Crippen LogP contribution in [0.1, 0.15) is 138 Å². The van der Waals surface area contributed by atoms with Crippen molar-refractivity contribution in [2.75, 3.05) is 36.8 Å². The first-order valence-electron chi connectivity index (χ1n) is 22.0. The van der Waals surface area contributed by atoms with E-state index in [9.17, 15) is 29.1 Å². The van der Waals surface area contributed by atoms with E-state index in [4.69, 9.17) is 4.98 Å². The predicted octanol–water partition coefficient (Wildman–Crippen LogP) is 7.15. The van der Waals surface area contributed by atoms with Crippen LogP contribution in [-0.2, 0) is 15.2 Å². The number of aromatic nitrogens is 2. The smallest absolute Gasteiger partial charge is 0.274 e. The molecule has 4 fully saturated rings. The van der Waals surface area contributed by atoms with E-state index in [-0.39, 0.29) is 24.7 Å². The van der Waals surface area contributed by atoms with E-state index < -0.39 is 29.4 Å². The zero-order valence-corrected chi connectivity index (χ0v) is 36.0. The van der Waals surface area contributed by atoms with Gasteiger partial charge in [-0.2, -0.15) is 0 Å². The van der Waals surface area contributed by atoms with Gasteiger partial charge in [-0.15, -0.1) is 11.3 Å². The van der Waals surface area contributed by atoms with Gasteiger partial charge in [-0.25, -0.2) is 9.97 Å². The van der Waals surface area contributed by atoms with Crippen LogP contribution in [0.5, 0.6) is 0 Å². The highest BCUT2D eigenvalue weighted by Gasteiger charge is 2.47. The third-order valence-corrected chi connectivity index (χ3v) is 15.2. The summed E-state index contributed by atoms with van der Waals surface area (Å²) in [6, 6.07) is 13.5. The van der Waals surface area contributed by atoms with Crippen LogP contribution in [0.4, 0.5) is 11.4 Å². The molecule has 1 atom stereocenters. The Balaban J connectivity index is 0.726. The number of anilines is 2. The number of imide groups is 2. The summed E-state index contributed by atoms with van der Waals surface area (Å²) in [6.45, 7) is 9.48. The first-order chi connectivity index (χ1) is 29.2. The zero-order valence-electron chi connectivity index (χ0n) is 35.2. The van der Waals surface area contributed by atoms with Crippen LogP contribution in [-0.4, -0.2) is 86.6 Å². The number of hydrogen-bond donors (Lipinski definition) is 4. The standard InChI is InChI=1S/C47H55N7O6S/c1-27-6-4-9-34(49-27)41(56)50-35-23-38-36(22-32(35)46(2,3)60)51-43(61-38)30-12-10-28(11-13-30)26-53-20-17-47(18-21-53)24-29(25-47)16-19-48-33-8-5-7-31-40(33)45(59)54(44(31)58)37-14-15-39(55)52-42(37)57/h4-9,22-23,28-30,37,48,60H,10-21,24-26H2,1-3H3,(H,50,56)(H,52,55,57)/t28-,30-,37?. The number of carbonyl (C=O) groups is 5. The second-order valence-electron chi connectivity index (χ2n) is 18.8. The molecule has 1 unspecified atom stereocenters. The third kappa shape index (κ3) is 8.34. The van der Waals surface area contributed by atoms with Gasteiger partial charge in [0, 0.05) is 48.1 Å². The first kappa shape index (κ1) is 41.3. The SMILES string of the molecule is Cc1cccc(C(=O)Nc2cc3sc([C@H]4CC[C@H](CN5CCC6(CC5)CC(CCNc5cccc7c5C(=O)N(C5CCC(=O)NC5=O)C7=O)C6)CC4)nc3cc2C(C)(C)O)n1. The van der Waals surface area contributed by atoms with Crippen LogP contribution >= 0.6 is 11.3 Å². The van der Waals surface area contributed by atoms with E-state index in [1.165, 1.54) is 38.5 Å². The number of amides is 5. The summed E-state index contributed by atoms with van der Waals surface area (Å²) in [5.41, 5.74) is 3.68. The lowest BCUT2D eigenvalue weighted by atomic mass is 9.57. The number of thiazole rings is 1. The summed E-state index contributed by atoms with van der Waals surface area (Å²) < 4.78 is 1.00.